The Hall–Kier alpha value is -1.04. The quantitative estimate of drug-likeness (QED) is 0.439. The Morgan fingerprint density at radius 1 is 0.600 bits per heavy atom. The first kappa shape index (κ1) is 15.4. The molecule has 2 aliphatic rings. The molecule has 0 atom stereocenters. The largest absolute Gasteiger partial charge is 0.0772 e. The highest BCUT2D eigenvalue weighted by molar-refractivity contribution is 5.41. The monoisotopic (exact) mass is 270 g/mol. The van der Waals surface area contributed by atoms with Crippen LogP contribution in [0.4, 0.5) is 0 Å². The van der Waals surface area contributed by atoms with E-state index in [0.29, 0.717) is 0 Å². The van der Waals surface area contributed by atoms with Gasteiger partial charge in [-0.05, 0) is 73.7 Å². The van der Waals surface area contributed by atoms with Gasteiger partial charge < -0.3 is 0 Å². The molecule has 0 aromatic rings. The van der Waals surface area contributed by atoms with E-state index in [-0.39, 0.29) is 0 Å². The van der Waals surface area contributed by atoms with Crippen LogP contribution in [0.3, 0.4) is 0 Å². The van der Waals surface area contributed by atoms with Gasteiger partial charge in [0, 0.05) is 0 Å². The van der Waals surface area contributed by atoms with Crippen LogP contribution < -0.4 is 0 Å². The maximum absolute atomic E-state index is 2.45. The molecule has 0 spiro atoms. The summed E-state index contributed by atoms with van der Waals surface area (Å²) in [6.45, 7) is 4.57. The second-order valence-electron chi connectivity index (χ2n) is 6.10. The number of rotatable bonds is 9. The Kier molecular flexibility index (Phi) is 6.36. The third-order valence-corrected chi connectivity index (χ3v) is 4.54. The van der Waals surface area contributed by atoms with E-state index in [1.54, 1.807) is 22.3 Å². The van der Waals surface area contributed by atoms with Gasteiger partial charge in [-0.1, -0.05) is 51.0 Å². The third-order valence-electron chi connectivity index (χ3n) is 4.54. The maximum Gasteiger partial charge on any atom is -0.0157 e. The maximum atomic E-state index is 2.45. The Morgan fingerprint density at radius 3 is 1.30 bits per heavy atom. The van der Waals surface area contributed by atoms with Gasteiger partial charge in [0.05, 0.1) is 0 Å². The molecule has 0 aromatic heterocycles. The van der Waals surface area contributed by atoms with Gasteiger partial charge in [-0.3, -0.25) is 0 Å². The van der Waals surface area contributed by atoms with Crippen LogP contribution in [0.2, 0.25) is 0 Å². The smallest absolute Gasteiger partial charge is 0.0157 e. The lowest BCUT2D eigenvalue weighted by molar-refractivity contribution is 0.771. The molecule has 2 aliphatic carbocycles. The Balaban J connectivity index is 1.81. The van der Waals surface area contributed by atoms with E-state index in [0.717, 1.165) is 0 Å². The minimum Gasteiger partial charge on any atom is -0.0772 e. The summed E-state index contributed by atoms with van der Waals surface area (Å²) in [6, 6.07) is 0. The van der Waals surface area contributed by atoms with Crippen molar-refractivity contribution in [1.82, 2.24) is 0 Å². The summed E-state index contributed by atoms with van der Waals surface area (Å²) in [7, 11) is 0. The topological polar surface area (TPSA) is 0 Å². The molecule has 20 heavy (non-hydrogen) atoms. The van der Waals surface area contributed by atoms with Gasteiger partial charge in [-0.15, -0.1) is 0 Å². The van der Waals surface area contributed by atoms with E-state index >= 15 is 0 Å². The summed E-state index contributed by atoms with van der Waals surface area (Å²) >= 11 is 0. The zero-order valence-corrected chi connectivity index (χ0v) is 13.4. The zero-order valence-electron chi connectivity index (χ0n) is 13.4. The summed E-state index contributed by atoms with van der Waals surface area (Å²) in [4.78, 5) is 0. The fraction of sp³-hybridized carbons (Fsp3) is 0.600. The van der Waals surface area contributed by atoms with Crippen molar-refractivity contribution in [2.75, 3.05) is 0 Å². The van der Waals surface area contributed by atoms with Crippen molar-refractivity contribution in [3.8, 4) is 0 Å². The molecule has 0 aromatic carbocycles. The van der Waals surface area contributed by atoms with Crippen molar-refractivity contribution < 1.29 is 0 Å². The number of allylic oxidation sites excluding steroid dienone is 8. The van der Waals surface area contributed by atoms with Gasteiger partial charge in [-0.2, -0.15) is 0 Å². The first-order chi connectivity index (χ1) is 9.85. The summed E-state index contributed by atoms with van der Waals surface area (Å²) in [5.74, 6) is 0. The second-order valence-corrected chi connectivity index (χ2v) is 6.10. The van der Waals surface area contributed by atoms with Crippen molar-refractivity contribution in [1.29, 1.82) is 0 Å². The van der Waals surface area contributed by atoms with Gasteiger partial charge in [0.1, 0.15) is 0 Å². The molecule has 0 radical (unpaired) electrons. The lowest BCUT2D eigenvalue weighted by Crippen LogP contribution is -1.92. The average Bonchev–Trinajstić information content (AvgIpc) is 3.09. The minimum absolute atomic E-state index is 1.17. The minimum atomic E-state index is 1.17. The average molecular weight is 270 g/mol. The fourth-order valence-corrected chi connectivity index (χ4v) is 3.27. The molecule has 0 unspecified atom stereocenters. The molecule has 0 amide bonds. The number of hydrogen-bond donors (Lipinski definition) is 0. The summed E-state index contributed by atoms with van der Waals surface area (Å²) < 4.78 is 0. The van der Waals surface area contributed by atoms with Gasteiger partial charge >= 0.3 is 0 Å². The summed E-state index contributed by atoms with van der Waals surface area (Å²) in [5, 5.41) is 0. The molecular weight excluding hydrogens is 240 g/mol. The Labute approximate surface area is 125 Å². The lowest BCUT2D eigenvalue weighted by Gasteiger charge is -2.12. The van der Waals surface area contributed by atoms with E-state index in [1.807, 2.05) is 0 Å². The molecule has 0 nitrogen and oxygen atoms in total. The molecule has 0 saturated heterocycles. The number of unbranched alkanes of at least 4 members (excludes halogenated alkanes) is 2. The van der Waals surface area contributed by atoms with E-state index in [4.69, 9.17) is 0 Å². The van der Waals surface area contributed by atoms with Crippen LogP contribution in [0.5, 0.6) is 0 Å². The molecule has 0 fully saturated rings. The number of hydrogen-bond acceptors (Lipinski definition) is 0. The highest BCUT2D eigenvalue weighted by atomic mass is 14.2. The van der Waals surface area contributed by atoms with Gasteiger partial charge in [-0.25, -0.2) is 0 Å². The van der Waals surface area contributed by atoms with E-state index < -0.39 is 0 Å². The Morgan fingerprint density at radius 2 is 0.950 bits per heavy atom. The zero-order chi connectivity index (χ0) is 14.2. The van der Waals surface area contributed by atoms with Crippen LogP contribution in [-0.4, -0.2) is 0 Å². The molecule has 0 aliphatic heterocycles. The summed E-state index contributed by atoms with van der Waals surface area (Å²) in [5.41, 5.74) is 6.57. The van der Waals surface area contributed by atoms with Crippen LogP contribution >= 0.6 is 0 Å². The second kappa shape index (κ2) is 8.29. The standard InChI is InChI=1S/C20H30/c1-3-5-9-17-11-7-13-19(17)15-16-20-14-8-12-18(20)10-6-4-2/h11-14H,3-10,15-16H2,1-2H3. The van der Waals surface area contributed by atoms with Crippen LogP contribution in [0.1, 0.15) is 78.1 Å². The van der Waals surface area contributed by atoms with Crippen LogP contribution in [0, 0.1) is 0 Å². The first-order valence-corrected chi connectivity index (χ1v) is 8.62. The Bertz CT molecular complexity index is 387. The van der Waals surface area contributed by atoms with Crippen molar-refractivity contribution in [3.05, 3.63) is 46.6 Å². The predicted molar refractivity (Wildman–Crippen MR) is 89.9 cm³/mol. The molecule has 0 heterocycles. The van der Waals surface area contributed by atoms with Crippen molar-refractivity contribution in [3.63, 3.8) is 0 Å². The highest BCUT2D eigenvalue weighted by Crippen LogP contribution is 2.33. The normalized spacial score (nSPS) is 17.9. The van der Waals surface area contributed by atoms with Crippen molar-refractivity contribution in [2.45, 2.75) is 78.1 Å². The predicted octanol–water partition coefficient (Wildman–Crippen LogP) is 6.66. The molecular formula is C20H30. The molecule has 0 heteroatoms. The lowest BCUT2D eigenvalue weighted by atomic mass is 9.94. The molecule has 0 saturated carbocycles. The molecule has 0 bridgehead atoms. The fourth-order valence-electron chi connectivity index (χ4n) is 3.27. The highest BCUT2D eigenvalue weighted by Gasteiger charge is 2.13. The van der Waals surface area contributed by atoms with Gasteiger partial charge in [0.2, 0.25) is 0 Å². The van der Waals surface area contributed by atoms with Gasteiger partial charge in [0.25, 0.3) is 0 Å². The molecule has 110 valence electrons. The SMILES string of the molecule is CCCCC1=CCC=C1CCC1=CCC=C1CCCC. The van der Waals surface area contributed by atoms with E-state index in [2.05, 4.69) is 38.2 Å². The molecule has 2 rings (SSSR count). The third kappa shape index (κ3) is 4.23. The van der Waals surface area contributed by atoms with E-state index in [1.165, 1.54) is 64.2 Å². The van der Waals surface area contributed by atoms with Gasteiger partial charge in [0.15, 0.2) is 0 Å². The van der Waals surface area contributed by atoms with Crippen LogP contribution in [-0.2, 0) is 0 Å². The van der Waals surface area contributed by atoms with Crippen molar-refractivity contribution in [2.24, 2.45) is 0 Å². The van der Waals surface area contributed by atoms with Crippen LogP contribution in [0.15, 0.2) is 46.6 Å². The van der Waals surface area contributed by atoms with Crippen LogP contribution in [0.25, 0.3) is 0 Å². The van der Waals surface area contributed by atoms with Crippen molar-refractivity contribution >= 4 is 0 Å². The first-order valence-electron chi connectivity index (χ1n) is 8.62. The van der Waals surface area contributed by atoms with E-state index in [9.17, 15) is 0 Å². The molecule has 0 N–H and O–H groups in total. The summed E-state index contributed by atoms with van der Waals surface area (Å²) in [6.07, 6.45) is 22.5.